The van der Waals surface area contributed by atoms with Crippen LogP contribution in [0.4, 0.5) is 5.82 Å². The van der Waals surface area contributed by atoms with E-state index in [0.29, 0.717) is 28.5 Å². The van der Waals surface area contributed by atoms with Gasteiger partial charge in [-0.1, -0.05) is 112 Å². The molecule has 34 heteroatoms. The van der Waals surface area contributed by atoms with Gasteiger partial charge in [0.2, 0.25) is 35.3 Å². The summed E-state index contributed by atoms with van der Waals surface area (Å²) < 4.78 is 13.2. The molecule has 4 aliphatic rings. The van der Waals surface area contributed by atoms with Crippen molar-refractivity contribution in [3.05, 3.63) is 213 Å². The molecule has 6 heterocycles. The SMILES string of the molecule is CN1C(=O)C(c2cc(Cl)c(O)c(Cl)c2)NC(=O)C2NC(=O)C(c3cc(Cl)c(O)c(Cl)c3)NC(=O)C(NC(=O)C(=O)c3cc(Cl)c(O)c(Cl)c3)Cc3c[nH]c4c(cccc34)-c3cc2cc(c3O)Oc2ccc(cc2)CC1C(=O)NC(C(=O)O)c1ccc(O)cc1.Nc1ccn(C2CCC(CO)O2)c(=O)n1. The number of nitrogens with one attached hydrogen (secondary N) is 6. The van der Waals surface area contributed by atoms with E-state index in [4.69, 9.17) is 89.9 Å². The molecule has 538 valence electrons. The van der Waals surface area contributed by atoms with E-state index in [1.807, 2.05) is 0 Å². The van der Waals surface area contributed by atoms with Crippen LogP contribution in [0, 0.1) is 0 Å². The van der Waals surface area contributed by atoms with E-state index in [-0.39, 0.29) is 97.4 Å². The first kappa shape index (κ1) is 74.4. The maximum Gasteiger partial charge on any atom is 0.351 e. The molecule has 8 unspecified atom stereocenters. The summed E-state index contributed by atoms with van der Waals surface area (Å²) in [7, 11) is 1.19. The average molecular weight is 1540 g/mol. The van der Waals surface area contributed by atoms with Gasteiger partial charge in [-0.05, 0) is 125 Å². The number of phenolic OH excluding ortho intramolecular Hbond substituents is 5. The number of ketones is 1. The van der Waals surface area contributed by atoms with Crippen molar-refractivity contribution in [1.82, 2.24) is 46.0 Å². The normalized spacial score (nSPS) is 19.3. The van der Waals surface area contributed by atoms with E-state index < -0.39 is 139 Å². The first-order chi connectivity index (χ1) is 49.5. The van der Waals surface area contributed by atoms with E-state index in [1.54, 1.807) is 30.5 Å². The number of para-hydroxylation sites is 1. The van der Waals surface area contributed by atoms with Crippen LogP contribution in [-0.4, -0.2) is 134 Å². The van der Waals surface area contributed by atoms with Crippen LogP contribution in [0.3, 0.4) is 0 Å². The Kier molecular flexibility index (Phi) is 22.2. The van der Waals surface area contributed by atoms with Gasteiger partial charge < -0.3 is 87.4 Å². The number of carboxylic acid groups (broad SMARTS) is 1. The molecule has 1 saturated heterocycles. The number of amides is 6. The third-order valence-corrected chi connectivity index (χ3v) is 19.1. The summed E-state index contributed by atoms with van der Waals surface area (Å²) in [6, 6.07) is 14.9. The third kappa shape index (κ3) is 15.9. The number of Topliss-reactive ketones (excluding diaryl/α,β-unsaturated/α-hetero) is 1. The number of nitrogens with two attached hydrogens (primary N) is 1. The van der Waals surface area contributed by atoms with Gasteiger partial charge in [-0.2, -0.15) is 4.98 Å². The molecule has 28 nitrogen and oxygen atoms in total. The van der Waals surface area contributed by atoms with Crippen LogP contribution in [0.5, 0.6) is 40.2 Å². The number of benzene rings is 7. The highest BCUT2D eigenvalue weighted by Crippen LogP contribution is 2.46. The molecule has 4 aliphatic heterocycles. The molecule has 0 radical (unpaired) electrons. The molecule has 9 aromatic rings. The topological polar surface area (TPSA) is 437 Å². The number of carbonyl (C=O) groups excluding carboxylic acids is 7. The lowest BCUT2D eigenvalue weighted by atomic mass is 9.94. The number of aromatic nitrogens is 3. The number of fused-ring (bicyclic) bond motifs is 10. The van der Waals surface area contributed by atoms with E-state index in [0.717, 1.165) is 47.7 Å². The van der Waals surface area contributed by atoms with Crippen molar-refractivity contribution in [2.24, 2.45) is 0 Å². The fourth-order valence-electron chi connectivity index (χ4n) is 11.9. The zero-order valence-corrected chi connectivity index (χ0v) is 58.2. The lowest BCUT2D eigenvalue weighted by Gasteiger charge is -2.33. The summed E-state index contributed by atoms with van der Waals surface area (Å²) >= 11 is 38.1. The number of hydrogen-bond donors (Lipinski definition) is 14. The maximum atomic E-state index is 15.8. The number of aliphatic hydroxyl groups is 1. The highest BCUT2D eigenvalue weighted by atomic mass is 35.5. The lowest BCUT2D eigenvalue weighted by Crippen LogP contribution is -2.54. The van der Waals surface area contributed by atoms with Gasteiger partial charge in [-0.3, -0.25) is 38.1 Å². The van der Waals surface area contributed by atoms with Crippen LogP contribution in [-0.2, 0) is 51.1 Å². The zero-order valence-electron chi connectivity index (χ0n) is 53.7. The molecule has 1 fully saturated rings. The number of carboxylic acids is 1. The van der Waals surface area contributed by atoms with Gasteiger partial charge in [-0.15, -0.1) is 0 Å². The number of carbonyl (C=O) groups is 8. The molecular weight excluding hydrogens is 1480 g/mol. The molecule has 2 aromatic heterocycles. The highest BCUT2D eigenvalue weighted by Gasteiger charge is 2.41. The Hall–Kier alpha value is -10.8. The molecule has 9 bridgehead atoms. The smallest absolute Gasteiger partial charge is 0.351 e. The number of aliphatic carboxylic acids is 1. The Morgan fingerprint density at radius 1 is 0.663 bits per heavy atom. The van der Waals surface area contributed by atoms with Crippen LogP contribution >= 0.6 is 69.6 Å². The fourth-order valence-corrected chi connectivity index (χ4v) is 13.4. The summed E-state index contributed by atoms with van der Waals surface area (Å²) in [5.74, 6) is -12.6. The lowest BCUT2D eigenvalue weighted by molar-refractivity contribution is -0.145. The summed E-state index contributed by atoms with van der Waals surface area (Å²) in [5.41, 5.74) is 5.18. The van der Waals surface area contributed by atoms with E-state index >= 15 is 19.2 Å². The Bertz CT molecular complexity index is 4960. The van der Waals surface area contributed by atoms with E-state index in [1.165, 1.54) is 78.5 Å². The van der Waals surface area contributed by atoms with E-state index in [9.17, 15) is 54.6 Å². The van der Waals surface area contributed by atoms with Crippen LogP contribution in [0.25, 0.3) is 22.0 Å². The summed E-state index contributed by atoms with van der Waals surface area (Å²) in [4.78, 5) is 136. The van der Waals surface area contributed by atoms with Crippen LogP contribution in [0.15, 0.2) is 139 Å². The summed E-state index contributed by atoms with van der Waals surface area (Å²) in [6.07, 6.45) is 3.24. The highest BCUT2D eigenvalue weighted by molar-refractivity contribution is 6.45. The number of H-pyrrole nitrogens is 1. The number of ether oxygens (including phenoxy) is 2. The van der Waals surface area contributed by atoms with Crippen LogP contribution in [0.2, 0.25) is 30.1 Å². The van der Waals surface area contributed by atoms with Crippen molar-refractivity contribution in [1.29, 1.82) is 0 Å². The number of nitrogens with zero attached hydrogens (tertiary/aromatic N) is 3. The molecule has 0 spiro atoms. The Morgan fingerprint density at radius 3 is 1.81 bits per heavy atom. The monoisotopic (exact) mass is 1540 g/mol. The van der Waals surface area contributed by atoms with Crippen molar-refractivity contribution in [2.75, 3.05) is 19.4 Å². The number of aromatic amines is 1. The predicted molar refractivity (Wildman–Crippen MR) is 379 cm³/mol. The third-order valence-electron chi connectivity index (χ3n) is 17.3. The molecular formula is C70H58Cl6N10O18. The predicted octanol–water partition coefficient (Wildman–Crippen LogP) is 8.69. The largest absolute Gasteiger partial charge is 0.508 e. The number of nitrogen functional groups attached to an aromatic ring is 1. The van der Waals surface area contributed by atoms with Gasteiger partial charge in [-0.25, -0.2) is 9.59 Å². The first-order valence-corrected chi connectivity index (χ1v) is 33.5. The van der Waals surface area contributed by atoms with E-state index in [2.05, 4.69) is 36.6 Å². The van der Waals surface area contributed by atoms with Gasteiger partial charge in [0.05, 0.1) is 48.4 Å². The number of aliphatic hydroxyl groups excluding tert-OH is 1. The number of phenols is 5. The molecule has 0 aliphatic carbocycles. The maximum absolute atomic E-state index is 15.8. The quantitative estimate of drug-likeness (QED) is 0.0425. The molecule has 104 heavy (non-hydrogen) atoms. The second kappa shape index (κ2) is 31.0. The van der Waals surface area contributed by atoms with Crippen molar-refractivity contribution in [3.8, 4) is 51.4 Å². The van der Waals surface area contributed by atoms with Gasteiger partial charge in [0.15, 0.2) is 34.8 Å². The number of rotatable bonds is 11. The van der Waals surface area contributed by atoms with Gasteiger partial charge >= 0.3 is 11.7 Å². The molecule has 6 amide bonds. The minimum absolute atomic E-state index is 0.0202. The molecule has 0 saturated carbocycles. The fraction of sp³-hybridized carbons (Fsp3) is 0.200. The second-order valence-corrected chi connectivity index (χ2v) is 26.5. The number of halogens is 6. The molecule has 13 rings (SSSR count). The standard InChI is InChI=1S/C61H45Cl6N7O15.C9H13N3O3/c1-74-43(56(82)73-48(61(87)88)25-7-9-31(75)10-8-25)13-24-5-11-32(12-6-24)89-44-22-26-14-35(51(44)77)34-4-2-3-33-30(23-68-49(33)34)21-42(69-59(85)50(76)29-19-40(66)54(80)41(67)20-29)55(81)70-46(27-15-36(62)52(78)37(63)16-27)57(83)71-45(26)58(84)72-47(60(74)86)28-17-38(64)53(79)39(65)18-28;10-7-3-4-12(9(14)11-7)8-2-1-6(5-13)15-8/h2-12,14-20,22-23,42-43,45-48,68,75,77-80H,13,21H2,1H3,(H,69,85)(H,70,81)(H,71,83)(H,72,84)(H,73,82)(H,87,88);3-4,6,8,13H,1-2,5H2,(H2,10,11,14). The summed E-state index contributed by atoms with van der Waals surface area (Å²) in [5, 5.41) is 84.0. The van der Waals surface area contributed by atoms with Gasteiger partial charge in [0, 0.05) is 54.4 Å². The van der Waals surface area contributed by atoms with Crippen molar-refractivity contribution >= 4 is 134 Å². The molecule has 8 atom stereocenters. The van der Waals surface area contributed by atoms with Crippen molar-refractivity contribution in [3.63, 3.8) is 0 Å². The molecule has 15 N–H and O–H groups in total. The second-order valence-electron chi connectivity index (χ2n) is 24.1. The van der Waals surface area contributed by atoms with Gasteiger partial charge in [0.1, 0.15) is 53.8 Å². The number of aromatic hydroxyl groups is 5. The number of anilines is 1. The average Bonchev–Trinajstić information content (AvgIpc) is 1.43. The van der Waals surface area contributed by atoms with Crippen LogP contribution in [0.1, 0.15) is 87.0 Å². The minimum Gasteiger partial charge on any atom is -0.508 e. The Balaban J connectivity index is 0.000000638. The molecule has 7 aromatic carbocycles. The zero-order chi connectivity index (χ0) is 74.9. The van der Waals surface area contributed by atoms with Crippen molar-refractivity contribution in [2.45, 2.75) is 74.3 Å². The summed E-state index contributed by atoms with van der Waals surface area (Å²) in [6.45, 7) is -0.0202. The van der Waals surface area contributed by atoms with Crippen molar-refractivity contribution < 1.29 is 83.6 Å². The number of likely N-dealkylation sites (N-methyl/N-ethyl adjacent to an activating group) is 1. The Morgan fingerprint density at radius 2 is 1.23 bits per heavy atom. The number of hydrogen-bond acceptors (Lipinski definition) is 19. The first-order valence-electron chi connectivity index (χ1n) is 31.2. The van der Waals surface area contributed by atoms with Gasteiger partial charge in [0.25, 0.3) is 5.91 Å². The Labute approximate surface area is 617 Å². The van der Waals surface area contributed by atoms with Crippen LogP contribution < -0.4 is 42.7 Å². The minimum atomic E-state index is -2.08.